The van der Waals surface area contributed by atoms with Crippen molar-refractivity contribution in [2.45, 2.75) is 52.7 Å². The van der Waals surface area contributed by atoms with E-state index in [-0.39, 0.29) is 24.3 Å². The van der Waals surface area contributed by atoms with Crippen LogP contribution in [-0.4, -0.2) is 24.3 Å². The van der Waals surface area contributed by atoms with Crippen LogP contribution < -0.4 is 0 Å². The summed E-state index contributed by atoms with van der Waals surface area (Å²) in [4.78, 5) is 11.4. The third-order valence-electron chi connectivity index (χ3n) is 1.87. The Labute approximate surface area is 98.8 Å². The molecule has 0 aromatic heterocycles. The fraction of sp³-hybridized carbons (Fsp3) is 0.769. The van der Waals surface area contributed by atoms with E-state index >= 15 is 0 Å². The van der Waals surface area contributed by atoms with Gasteiger partial charge in [0.15, 0.2) is 0 Å². The minimum Gasteiger partial charge on any atom is -0.456 e. The molecule has 0 N–H and O–H groups in total. The molecule has 0 aromatic carbocycles. The zero-order chi connectivity index (χ0) is 12.8. The molecule has 1 unspecified atom stereocenters. The number of hydrogen-bond acceptors (Lipinski definition) is 3. The lowest BCUT2D eigenvalue weighted by atomic mass is 10.1. The molecule has 0 fully saturated rings. The highest BCUT2D eigenvalue weighted by molar-refractivity contribution is 5.71. The van der Waals surface area contributed by atoms with Crippen LogP contribution in [0.3, 0.4) is 0 Å². The Kier molecular flexibility index (Phi) is 6.34. The van der Waals surface area contributed by atoms with Crippen LogP contribution in [0.4, 0.5) is 0 Å². The van der Waals surface area contributed by atoms with Gasteiger partial charge in [-0.3, -0.25) is 0 Å². The Morgan fingerprint density at radius 1 is 1.38 bits per heavy atom. The Balaban J connectivity index is 3.97. The number of carbonyl (C=O) groups is 1. The van der Waals surface area contributed by atoms with Crippen LogP contribution in [0.25, 0.3) is 0 Å². The van der Waals surface area contributed by atoms with Crippen molar-refractivity contribution in [2.75, 3.05) is 6.61 Å². The third kappa shape index (κ3) is 8.48. The van der Waals surface area contributed by atoms with Crippen molar-refractivity contribution < 1.29 is 14.3 Å². The number of rotatable bonds is 6. The maximum atomic E-state index is 11.4. The number of ether oxygens (including phenoxy) is 2. The van der Waals surface area contributed by atoms with Crippen molar-refractivity contribution in [3.05, 3.63) is 12.7 Å². The molecule has 3 heteroatoms. The lowest BCUT2D eigenvalue weighted by molar-refractivity contribution is -0.157. The minimum absolute atomic E-state index is 0.00800. The normalized spacial score (nSPS) is 13.6. The van der Waals surface area contributed by atoms with E-state index < -0.39 is 0 Å². The highest BCUT2D eigenvalue weighted by Crippen LogP contribution is 2.11. The van der Waals surface area contributed by atoms with Gasteiger partial charge in [0.25, 0.3) is 0 Å². The van der Waals surface area contributed by atoms with Crippen LogP contribution in [0, 0.1) is 5.92 Å². The average Bonchev–Trinajstić information content (AvgIpc) is 2.12. The molecule has 0 aliphatic carbocycles. The van der Waals surface area contributed by atoms with Gasteiger partial charge in [-0.1, -0.05) is 26.5 Å². The van der Waals surface area contributed by atoms with E-state index in [1.165, 1.54) is 0 Å². The van der Waals surface area contributed by atoms with Gasteiger partial charge in [-0.05, 0) is 33.1 Å². The van der Waals surface area contributed by atoms with Gasteiger partial charge in [0.1, 0.15) is 12.7 Å². The number of carbonyl (C=O) groups excluding carboxylic acids is 1. The van der Waals surface area contributed by atoms with E-state index in [1.54, 1.807) is 6.08 Å². The fourth-order valence-corrected chi connectivity index (χ4v) is 1.14. The maximum Gasteiger partial charge on any atom is 0.332 e. The summed E-state index contributed by atoms with van der Waals surface area (Å²) >= 11 is 0. The lowest BCUT2D eigenvalue weighted by Gasteiger charge is -2.20. The smallest absolute Gasteiger partial charge is 0.332 e. The van der Waals surface area contributed by atoms with Crippen molar-refractivity contribution in [3.63, 3.8) is 0 Å². The van der Waals surface area contributed by atoms with Gasteiger partial charge in [-0.2, -0.15) is 0 Å². The van der Waals surface area contributed by atoms with Crippen molar-refractivity contribution in [3.8, 4) is 0 Å². The summed E-state index contributed by atoms with van der Waals surface area (Å²) in [5.41, 5.74) is -0.319. The molecule has 0 rings (SSSR count). The van der Waals surface area contributed by atoms with Gasteiger partial charge in [0.05, 0.1) is 5.60 Å². The summed E-state index contributed by atoms with van der Waals surface area (Å²) in [6.45, 7) is 13.5. The molecule has 0 saturated heterocycles. The van der Waals surface area contributed by atoms with Crippen molar-refractivity contribution in [1.82, 2.24) is 0 Å². The van der Waals surface area contributed by atoms with Crippen LogP contribution in [-0.2, 0) is 14.3 Å². The lowest BCUT2D eigenvalue weighted by Crippen LogP contribution is -2.27. The first-order chi connectivity index (χ1) is 7.24. The average molecular weight is 228 g/mol. The standard InChI is InChI=1S/C13H24O3/c1-7-11(8-10(2)3)16-12(14)9-15-13(4,5)6/h7,10-11H,1,8-9H2,2-6H3. The quantitative estimate of drug-likeness (QED) is 0.518. The zero-order valence-corrected chi connectivity index (χ0v) is 11.1. The van der Waals surface area contributed by atoms with Crippen LogP contribution >= 0.6 is 0 Å². The van der Waals surface area contributed by atoms with E-state index in [9.17, 15) is 4.79 Å². The topological polar surface area (TPSA) is 35.5 Å². The van der Waals surface area contributed by atoms with Gasteiger partial charge < -0.3 is 9.47 Å². The molecule has 0 bridgehead atoms. The molecule has 0 radical (unpaired) electrons. The molecule has 3 nitrogen and oxygen atoms in total. The van der Waals surface area contributed by atoms with E-state index in [2.05, 4.69) is 20.4 Å². The first-order valence-electron chi connectivity index (χ1n) is 5.70. The van der Waals surface area contributed by atoms with Crippen molar-refractivity contribution in [2.24, 2.45) is 5.92 Å². The Bertz CT molecular complexity index is 226. The second-order valence-electron chi connectivity index (χ2n) is 5.29. The van der Waals surface area contributed by atoms with E-state index in [0.717, 1.165) is 6.42 Å². The second-order valence-corrected chi connectivity index (χ2v) is 5.29. The summed E-state index contributed by atoms with van der Waals surface area (Å²) in [5.74, 6) is 0.139. The molecule has 0 spiro atoms. The highest BCUT2D eigenvalue weighted by Gasteiger charge is 2.16. The SMILES string of the molecule is C=CC(CC(C)C)OC(=O)COC(C)(C)C. The number of hydrogen-bond donors (Lipinski definition) is 0. The Morgan fingerprint density at radius 2 is 1.94 bits per heavy atom. The fourth-order valence-electron chi connectivity index (χ4n) is 1.14. The van der Waals surface area contributed by atoms with Gasteiger partial charge in [0.2, 0.25) is 0 Å². The molecule has 0 aliphatic heterocycles. The molecule has 0 saturated carbocycles. The van der Waals surface area contributed by atoms with Gasteiger partial charge >= 0.3 is 5.97 Å². The van der Waals surface area contributed by atoms with Gasteiger partial charge in [-0.25, -0.2) is 4.79 Å². The molecule has 16 heavy (non-hydrogen) atoms. The van der Waals surface area contributed by atoms with E-state index in [0.29, 0.717) is 5.92 Å². The summed E-state index contributed by atoms with van der Waals surface area (Å²) in [7, 11) is 0. The summed E-state index contributed by atoms with van der Waals surface area (Å²) in [6, 6.07) is 0. The van der Waals surface area contributed by atoms with Crippen LogP contribution in [0.2, 0.25) is 0 Å². The molecule has 0 amide bonds. The van der Waals surface area contributed by atoms with Crippen molar-refractivity contribution in [1.29, 1.82) is 0 Å². The minimum atomic E-state index is -0.333. The Morgan fingerprint density at radius 3 is 2.31 bits per heavy atom. The zero-order valence-electron chi connectivity index (χ0n) is 11.1. The molecular weight excluding hydrogens is 204 g/mol. The van der Waals surface area contributed by atoms with Crippen LogP contribution in [0.15, 0.2) is 12.7 Å². The predicted octanol–water partition coefficient (Wildman–Crippen LogP) is 2.95. The molecule has 94 valence electrons. The largest absolute Gasteiger partial charge is 0.456 e. The third-order valence-corrected chi connectivity index (χ3v) is 1.87. The van der Waals surface area contributed by atoms with Crippen LogP contribution in [0.5, 0.6) is 0 Å². The van der Waals surface area contributed by atoms with E-state index in [4.69, 9.17) is 9.47 Å². The summed E-state index contributed by atoms with van der Waals surface area (Å²) < 4.78 is 10.6. The first-order valence-corrected chi connectivity index (χ1v) is 5.70. The molecule has 0 aromatic rings. The number of esters is 1. The Hall–Kier alpha value is -0.830. The van der Waals surface area contributed by atoms with Gasteiger partial charge in [0, 0.05) is 0 Å². The van der Waals surface area contributed by atoms with Gasteiger partial charge in [-0.15, -0.1) is 0 Å². The molecular formula is C13H24O3. The maximum absolute atomic E-state index is 11.4. The summed E-state index contributed by atoms with van der Waals surface area (Å²) in [6.07, 6.45) is 2.25. The highest BCUT2D eigenvalue weighted by atomic mass is 16.6. The monoisotopic (exact) mass is 228 g/mol. The van der Waals surface area contributed by atoms with Crippen LogP contribution in [0.1, 0.15) is 41.0 Å². The van der Waals surface area contributed by atoms with E-state index in [1.807, 2.05) is 20.8 Å². The summed E-state index contributed by atoms with van der Waals surface area (Å²) in [5, 5.41) is 0. The second kappa shape index (κ2) is 6.69. The predicted molar refractivity (Wildman–Crippen MR) is 65.2 cm³/mol. The molecule has 0 heterocycles. The molecule has 1 atom stereocenters. The van der Waals surface area contributed by atoms with Crippen molar-refractivity contribution >= 4 is 5.97 Å². The molecule has 0 aliphatic rings. The first kappa shape index (κ1) is 15.2.